The first kappa shape index (κ1) is 11.4. The number of ether oxygens (including phenoxy) is 1. The lowest BCUT2D eigenvalue weighted by Gasteiger charge is -2.30. The third-order valence-electron chi connectivity index (χ3n) is 2.74. The van der Waals surface area contributed by atoms with E-state index in [1.54, 1.807) is 7.11 Å². The summed E-state index contributed by atoms with van der Waals surface area (Å²) in [4.78, 5) is 6.67. The van der Waals surface area contributed by atoms with Crippen LogP contribution >= 0.6 is 0 Å². The van der Waals surface area contributed by atoms with Crippen LogP contribution in [0.5, 0.6) is 0 Å². The van der Waals surface area contributed by atoms with Crippen LogP contribution in [0.2, 0.25) is 0 Å². The van der Waals surface area contributed by atoms with Crippen molar-refractivity contribution in [3.8, 4) is 0 Å². The molecule has 0 unspecified atom stereocenters. The van der Waals surface area contributed by atoms with E-state index in [0.29, 0.717) is 6.61 Å². The second-order valence-corrected chi connectivity index (χ2v) is 4.02. The van der Waals surface area contributed by atoms with E-state index in [2.05, 4.69) is 28.3 Å². The van der Waals surface area contributed by atoms with Crippen LogP contribution in [0.1, 0.15) is 11.3 Å². The minimum absolute atomic E-state index is 0.700. The summed E-state index contributed by atoms with van der Waals surface area (Å²) in [5, 5.41) is 3.24. The predicted molar refractivity (Wildman–Crippen MR) is 64.1 cm³/mol. The highest BCUT2D eigenvalue weighted by molar-refractivity contribution is 5.39. The largest absolute Gasteiger partial charge is 0.455 e. The highest BCUT2D eigenvalue weighted by Gasteiger charge is 2.11. The molecule has 4 heteroatoms. The van der Waals surface area contributed by atoms with Gasteiger partial charge in [0.25, 0.3) is 0 Å². The monoisotopic (exact) mass is 220 g/mol. The molecule has 0 atom stereocenters. The Hall–Kier alpha value is -1.13. The number of anilines is 1. The van der Waals surface area contributed by atoms with E-state index in [4.69, 9.17) is 4.74 Å². The van der Waals surface area contributed by atoms with Crippen LogP contribution in [-0.4, -0.2) is 36.7 Å². The summed E-state index contributed by atoms with van der Waals surface area (Å²) < 4.78 is 4.99. The smallest absolute Gasteiger partial charge is 0.126 e. The number of methoxy groups -OCH3 is 1. The van der Waals surface area contributed by atoms with Gasteiger partial charge in [-0.2, -0.15) is 0 Å². The summed E-state index contributed by atoms with van der Waals surface area (Å²) in [5.74, 6) is 0.938. The van der Waals surface area contributed by atoms with E-state index in [-0.39, 0.29) is 0 Å². The Bertz CT molecular complexity index is 354. The van der Waals surface area contributed by atoms with Crippen LogP contribution in [0, 0.1) is 7.05 Å². The molecule has 4 nitrogen and oxygen atoms in total. The summed E-state index contributed by atoms with van der Waals surface area (Å²) in [7, 11) is 5.65. The molecule has 0 radical (unpaired) electrons. The van der Waals surface area contributed by atoms with Crippen molar-refractivity contribution < 1.29 is 4.74 Å². The van der Waals surface area contributed by atoms with Crippen molar-refractivity contribution in [2.45, 2.75) is 13.0 Å². The molecular formula is C12H18N3O-. The molecule has 0 saturated carbocycles. The molecule has 0 spiro atoms. The Morgan fingerprint density at radius 3 is 3.25 bits per heavy atom. The van der Waals surface area contributed by atoms with Crippen molar-refractivity contribution in [1.82, 2.24) is 9.88 Å². The van der Waals surface area contributed by atoms with Crippen LogP contribution < -0.4 is 5.32 Å². The maximum absolute atomic E-state index is 4.99. The second kappa shape index (κ2) is 5.27. The number of aromatic nitrogens is 1. The summed E-state index contributed by atoms with van der Waals surface area (Å²) in [6.45, 7) is 3.39. The number of hydrogen-bond acceptors (Lipinski definition) is 4. The first-order valence-corrected chi connectivity index (χ1v) is 5.56. The number of nitrogens with zero attached hydrogens (tertiary/aromatic N) is 2. The van der Waals surface area contributed by atoms with E-state index in [0.717, 1.165) is 31.9 Å². The minimum atomic E-state index is 0.700. The third kappa shape index (κ3) is 2.71. The average Bonchev–Trinajstić information content (AvgIpc) is 2.29. The lowest BCUT2D eigenvalue weighted by Crippen LogP contribution is -2.25. The second-order valence-electron chi connectivity index (χ2n) is 4.02. The Labute approximate surface area is 96.6 Å². The fraction of sp³-hybridized carbons (Fsp3) is 0.500. The number of fused-ring (bicyclic) bond motifs is 1. The molecule has 1 aliphatic heterocycles. The number of rotatable bonds is 4. The molecule has 1 aromatic rings. The Morgan fingerprint density at radius 1 is 1.56 bits per heavy atom. The van der Waals surface area contributed by atoms with Gasteiger partial charge >= 0.3 is 0 Å². The van der Waals surface area contributed by atoms with Crippen molar-refractivity contribution in [1.29, 1.82) is 0 Å². The number of nitrogens with one attached hydrogen (secondary N) is 1. The van der Waals surface area contributed by atoms with E-state index >= 15 is 0 Å². The predicted octanol–water partition coefficient (Wildman–Crippen LogP) is 1.29. The van der Waals surface area contributed by atoms with E-state index in [9.17, 15) is 0 Å². The van der Waals surface area contributed by atoms with Crippen LogP contribution in [0.25, 0.3) is 0 Å². The lowest BCUT2D eigenvalue weighted by atomic mass is 10.1. The Kier molecular flexibility index (Phi) is 3.74. The molecule has 0 aliphatic carbocycles. The molecule has 1 N–H and O–H groups in total. The molecule has 2 rings (SSSR count). The van der Waals surface area contributed by atoms with E-state index < -0.39 is 0 Å². The zero-order valence-electron chi connectivity index (χ0n) is 9.70. The van der Waals surface area contributed by atoms with Gasteiger partial charge in [-0.3, -0.25) is 7.05 Å². The molecule has 0 aromatic carbocycles. The quantitative estimate of drug-likeness (QED) is 0.613. The van der Waals surface area contributed by atoms with Crippen LogP contribution in [0.3, 0.4) is 0 Å². The summed E-state index contributed by atoms with van der Waals surface area (Å²) in [5.41, 5.74) is 2.49. The summed E-state index contributed by atoms with van der Waals surface area (Å²) in [6.07, 6.45) is 0.985. The van der Waals surface area contributed by atoms with Gasteiger partial charge in [-0.05, 0) is 24.7 Å². The molecule has 1 aliphatic rings. The van der Waals surface area contributed by atoms with Crippen LogP contribution in [-0.2, 0) is 17.7 Å². The zero-order valence-corrected chi connectivity index (χ0v) is 9.70. The molecule has 0 bridgehead atoms. The highest BCUT2D eigenvalue weighted by atomic mass is 16.5. The van der Waals surface area contributed by atoms with Crippen molar-refractivity contribution in [2.75, 3.05) is 32.1 Å². The van der Waals surface area contributed by atoms with Gasteiger partial charge in [-0.15, -0.1) is 0 Å². The van der Waals surface area contributed by atoms with Gasteiger partial charge in [0.2, 0.25) is 0 Å². The van der Waals surface area contributed by atoms with Gasteiger partial charge in [0.1, 0.15) is 5.82 Å². The number of hydrogen-bond donors (Lipinski definition) is 1. The van der Waals surface area contributed by atoms with Gasteiger partial charge < -0.3 is 15.0 Å². The van der Waals surface area contributed by atoms with Gasteiger partial charge in [-0.1, -0.05) is 6.07 Å². The van der Waals surface area contributed by atoms with Gasteiger partial charge in [0.15, 0.2) is 0 Å². The molecule has 2 heterocycles. The van der Waals surface area contributed by atoms with Crippen molar-refractivity contribution in [3.05, 3.63) is 30.4 Å². The lowest BCUT2D eigenvalue weighted by molar-refractivity contribution is 0.210. The highest BCUT2D eigenvalue weighted by Crippen LogP contribution is 2.18. The molecular weight excluding hydrogens is 202 g/mol. The maximum Gasteiger partial charge on any atom is 0.126 e. The zero-order chi connectivity index (χ0) is 11.4. The Morgan fingerprint density at radius 2 is 2.44 bits per heavy atom. The normalized spacial score (nSPS) is 15.9. The van der Waals surface area contributed by atoms with Crippen molar-refractivity contribution in [3.63, 3.8) is 0 Å². The van der Waals surface area contributed by atoms with Crippen molar-refractivity contribution in [2.24, 2.45) is 0 Å². The molecule has 16 heavy (non-hydrogen) atoms. The van der Waals surface area contributed by atoms with Crippen LogP contribution in [0.15, 0.2) is 12.1 Å². The molecule has 88 valence electrons. The molecule has 0 saturated heterocycles. The summed E-state index contributed by atoms with van der Waals surface area (Å²) in [6, 6.07) is 4.16. The maximum atomic E-state index is 4.99. The molecule has 0 amide bonds. The first-order chi connectivity index (χ1) is 7.79. The van der Waals surface area contributed by atoms with Crippen LogP contribution in [0.4, 0.5) is 5.82 Å². The van der Waals surface area contributed by atoms with E-state index in [1.165, 1.54) is 11.3 Å². The van der Waals surface area contributed by atoms with Gasteiger partial charge in [-0.25, -0.2) is 4.98 Å². The van der Waals surface area contributed by atoms with Gasteiger partial charge in [0, 0.05) is 25.8 Å². The fourth-order valence-corrected chi connectivity index (χ4v) is 1.85. The SMILES string of the molecule is [CH2-]N1CCc2nc(NCCOC)ccc2C1. The topological polar surface area (TPSA) is 37.4 Å². The fourth-order valence-electron chi connectivity index (χ4n) is 1.85. The Balaban J connectivity index is 2.02. The van der Waals surface area contributed by atoms with E-state index in [1.807, 2.05) is 6.07 Å². The third-order valence-corrected chi connectivity index (χ3v) is 2.74. The standard InChI is InChI=1S/C12H18N3O/c1-15-7-5-11-10(9-15)3-4-12(14-11)13-6-8-16-2/h3-4H,1,5-9H2,2H3,(H,13,14)/q-1. The molecule has 0 fully saturated rings. The van der Waals surface area contributed by atoms with Gasteiger partial charge in [0.05, 0.1) is 6.61 Å². The van der Waals surface area contributed by atoms with Crippen molar-refractivity contribution >= 4 is 5.82 Å². The first-order valence-electron chi connectivity index (χ1n) is 5.56. The number of pyridine rings is 1. The summed E-state index contributed by atoms with van der Waals surface area (Å²) >= 11 is 0. The average molecular weight is 220 g/mol. The molecule has 1 aromatic heterocycles. The minimum Gasteiger partial charge on any atom is -0.455 e.